The van der Waals surface area contributed by atoms with E-state index in [1.807, 2.05) is 0 Å². The van der Waals surface area contributed by atoms with Gasteiger partial charge in [0, 0.05) is 20.3 Å². The van der Waals surface area contributed by atoms with Crippen molar-refractivity contribution in [3.05, 3.63) is 34.2 Å². The first-order valence-electron chi connectivity index (χ1n) is 4.22. The number of ketones is 1. The lowest BCUT2D eigenvalue weighted by Crippen LogP contribution is -2.15. The first-order chi connectivity index (χ1) is 7.02. The third-order valence-corrected chi connectivity index (χ3v) is 2.48. The molecule has 1 N–H and O–H groups in total. The Bertz CT molecular complexity index is 393. The molecule has 5 heteroatoms. The summed E-state index contributed by atoms with van der Waals surface area (Å²) in [6.45, 7) is 0. The highest BCUT2D eigenvalue weighted by atomic mass is 32.1. The first kappa shape index (κ1) is 11.5. The van der Waals surface area contributed by atoms with E-state index in [2.05, 4.69) is 0 Å². The molecular weight excluding hydrogens is 214 g/mol. The number of hydrogen-bond donors (Lipinski definition) is 1. The Kier molecular flexibility index (Phi) is 3.62. The monoisotopic (exact) mass is 225 g/mol. The lowest BCUT2D eigenvalue weighted by Gasteiger charge is -2.06. The van der Waals surface area contributed by atoms with Gasteiger partial charge < -0.3 is 10.0 Å². The molecule has 1 heterocycles. The van der Waals surface area contributed by atoms with Crippen LogP contribution in [0.4, 0.5) is 0 Å². The lowest BCUT2D eigenvalue weighted by atomic mass is 10.1. The Labute approximate surface area is 91.4 Å². The molecule has 0 radical (unpaired) electrons. The highest BCUT2D eigenvalue weighted by Crippen LogP contribution is 2.14. The average Bonchev–Trinajstić information content (AvgIpc) is 2.65. The van der Waals surface area contributed by atoms with Gasteiger partial charge in [0.2, 0.25) is 5.78 Å². The van der Waals surface area contributed by atoms with Gasteiger partial charge in [-0.1, -0.05) is 6.07 Å². The van der Waals surface area contributed by atoms with Crippen LogP contribution in [0.15, 0.2) is 29.3 Å². The maximum Gasteiger partial charge on any atom is 0.341 e. The summed E-state index contributed by atoms with van der Waals surface area (Å²) in [7, 11) is 3.34. The minimum Gasteiger partial charge on any atom is -0.477 e. The number of carbonyl (C=O) groups is 2. The summed E-state index contributed by atoms with van der Waals surface area (Å²) in [5, 5.41) is 10.6. The van der Waals surface area contributed by atoms with Crippen molar-refractivity contribution in [3.63, 3.8) is 0 Å². The van der Waals surface area contributed by atoms with Crippen molar-refractivity contribution in [2.45, 2.75) is 0 Å². The number of Topliss-reactive ketones (excluding diaryl/α,β-unsaturated/α-hetero) is 1. The zero-order chi connectivity index (χ0) is 11.4. The Morgan fingerprint density at radius 2 is 2.13 bits per heavy atom. The van der Waals surface area contributed by atoms with Crippen LogP contribution in [0.1, 0.15) is 9.67 Å². The molecule has 15 heavy (non-hydrogen) atoms. The van der Waals surface area contributed by atoms with E-state index < -0.39 is 11.8 Å². The van der Waals surface area contributed by atoms with Gasteiger partial charge in [0.05, 0.1) is 4.88 Å². The van der Waals surface area contributed by atoms with E-state index in [-0.39, 0.29) is 5.57 Å². The van der Waals surface area contributed by atoms with E-state index >= 15 is 0 Å². The van der Waals surface area contributed by atoms with Gasteiger partial charge in [0.15, 0.2) is 0 Å². The maximum absolute atomic E-state index is 11.7. The van der Waals surface area contributed by atoms with Gasteiger partial charge in [-0.15, -0.1) is 11.3 Å². The van der Waals surface area contributed by atoms with Crippen molar-refractivity contribution >= 4 is 23.1 Å². The number of hydrogen-bond acceptors (Lipinski definition) is 4. The van der Waals surface area contributed by atoms with Gasteiger partial charge in [-0.2, -0.15) is 0 Å². The van der Waals surface area contributed by atoms with Crippen molar-refractivity contribution in [2.75, 3.05) is 14.1 Å². The van der Waals surface area contributed by atoms with Gasteiger partial charge in [0.1, 0.15) is 5.57 Å². The van der Waals surface area contributed by atoms with Crippen LogP contribution >= 0.6 is 11.3 Å². The standard InChI is InChI=1S/C10H11NO3S/c1-11(2)6-7(10(13)14)9(12)8-4-3-5-15-8/h3-6H,1-2H3,(H,13,14)/b7-6-. The van der Waals surface area contributed by atoms with Gasteiger partial charge >= 0.3 is 5.97 Å². The molecule has 1 aromatic rings. The second-order valence-electron chi connectivity index (χ2n) is 3.12. The smallest absolute Gasteiger partial charge is 0.341 e. The fourth-order valence-corrected chi connectivity index (χ4v) is 1.69. The van der Waals surface area contributed by atoms with Crippen LogP contribution in [0.5, 0.6) is 0 Å². The van der Waals surface area contributed by atoms with E-state index in [4.69, 9.17) is 5.11 Å². The quantitative estimate of drug-likeness (QED) is 0.365. The summed E-state index contributed by atoms with van der Waals surface area (Å²) in [6.07, 6.45) is 1.31. The van der Waals surface area contributed by atoms with Crippen molar-refractivity contribution in [2.24, 2.45) is 0 Å². The Balaban J connectivity index is 3.02. The number of thiophene rings is 1. The van der Waals surface area contributed by atoms with Gasteiger partial charge in [-0.3, -0.25) is 4.79 Å². The van der Waals surface area contributed by atoms with Crippen molar-refractivity contribution in [1.29, 1.82) is 0 Å². The molecule has 0 fully saturated rings. The summed E-state index contributed by atoms with van der Waals surface area (Å²) < 4.78 is 0. The average molecular weight is 225 g/mol. The molecular formula is C10H11NO3S. The van der Waals surface area contributed by atoms with Gasteiger partial charge in [-0.25, -0.2) is 4.79 Å². The zero-order valence-corrected chi connectivity index (χ0v) is 9.25. The molecule has 0 aliphatic heterocycles. The SMILES string of the molecule is CN(C)/C=C(\C(=O)O)C(=O)c1cccs1. The van der Waals surface area contributed by atoms with Crippen LogP contribution < -0.4 is 0 Å². The van der Waals surface area contributed by atoms with E-state index in [0.29, 0.717) is 4.88 Å². The summed E-state index contributed by atoms with van der Waals surface area (Å²) in [5.74, 6) is -1.66. The highest BCUT2D eigenvalue weighted by molar-refractivity contribution is 7.12. The molecule has 0 amide bonds. The first-order valence-corrected chi connectivity index (χ1v) is 5.10. The largest absolute Gasteiger partial charge is 0.477 e. The van der Waals surface area contributed by atoms with Crippen molar-refractivity contribution < 1.29 is 14.7 Å². The van der Waals surface area contributed by atoms with Crippen LogP contribution in [0.3, 0.4) is 0 Å². The predicted octanol–water partition coefficient (Wildman–Crippen LogP) is 1.46. The van der Waals surface area contributed by atoms with Crippen LogP contribution in [0.2, 0.25) is 0 Å². The molecule has 0 bridgehead atoms. The van der Waals surface area contributed by atoms with Crippen molar-refractivity contribution in [1.82, 2.24) is 4.90 Å². The molecule has 1 aromatic heterocycles. The molecule has 0 saturated heterocycles. The summed E-state index contributed by atoms with van der Waals surface area (Å²) >= 11 is 1.23. The van der Waals surface area contributed by atoms with E-state index in [1.54, 1.807) is 31.6 Å². The van der Waals surface area contributed by atoms with Crippen LogP contribution in [-0.2, 0) is 4.79 Å². The molecule has 0 spiro atoms. The number of rotatable bonds is 4. The fraction of sp³-hybridized carbons (Fsp3) is 0.200. The second-order valence-corrected chi connectivity index (χ2v) is 4.07. The van der Waals surface area contributed by atoms with Crippen LogP contribution in [0, 0.1) is 0 Å². The van der Waals surface area contributed by atoms with Crippen LogP contribution in [-0.4, -0.2) is 35.9 Å². The number of carbonyl (C=O) groups excluding carboxylic acids is 1. The third-order valence-electron chi connectivity index (χ3n) is 1.61. The minimum absolute atomic E-state index is 0.220. The molecule has 0 aliphatic rings. The van der Waals surface area contributed by atoms with Crippen LogP contribution in [0.25, 0.3) is 0 Å². The van der Waals surface area contributed by atoms with Crippen molar-refractivity contribution in [3.8, 4) is 0 Å². The number of nitrogens with zero attached hydrogens (tertiary/aromatic N) is 1. The summed E-state index contributed by atoms with van der Waals surface area (Å²) in [5.41, 5.74) is -0.220. The number of aliphatic carboxylic acids is 1. The lowest BCUT2D eigenvalue weighted by molar-refractivity contribution is -0.132. The summed E-state index contributed by atoms with van der Waals surface area (Å²) in [6, 6.07) is 3.33. The number of carboxylic acids is 1. The maximum atomic E-state index is 11.7. The molecule has 0 aromatic carbocycles. The van der Waals surface area contributed by atoms with Gasteiger partial charge in [-0.05, 0) is 11.4 Å². The Morgan fingerprint density at radius 3 is 2.53 bits per heavy atom. The third kappa shape index (κ3) is 2.92. The molecule has 1 rings (SSSR count). The molecule has 0 unspecified atom stereocenters. The topological polar surface area (TPSA) is 57.6 Å². The van der Waals surface area contributed by atoms with E-state index in [9.17, 15) is 9.59 Å². The predicted molar refractivity (Wildman–Crippen MR) is 58.1 cm³/mol. The fourth-order valence-electron chi connectivity index (χ4n) is 1.01. The zero-order valence-electron chi connectivity index (χ0n) is 8.43. The highest BCUT2D eigenvalue weighted by Gasteiger charge is 2.20. The molecule has 80 valence electrons. The van der Waals surface area contributed by atoms with E-state index in [1.165, 1.54) is 22.4 Å². The Morgan fingerprint density at radius 1 is 1.47 bits per heavy atom. The Hall–Kier alpha value is -1.62. The second kappa shape index (κ2) is 4.75. The molecule has 0 saturated carbocycles. The summed E-state index contributed by atoms with van der Waals surface area (Å²) in [4.78, 5) is 24.6. The molecule has 0 atom stereocenters. The molecule has 4 nitrogen and oxygen atoms in total. The van der Waals surface area contributed by atoms with E-state index in [0.717, 1.165) is 0 Å². The normalized spacial score (nSPS) is 11.2. The molecule has 0 aliphatic carbocycles. The van der Waals surface area contributed by atoms with Gasteiger partial charge in [0.25, 0.3) is 0 Å². The minimum atomic E-state index is -1.21. The number of carboxylic acid groups (broad SMARTS) is 1.